The highest BCUT2D eigenvalue weighted by Gasteiger charge is 2.25. The van der Waals surface area contributed by atoms with E-state index in [1.54, 1.807) is 4.90 Å². The molecule has 0 radical (unpaired) electrons. The Kier molecular flexibility index (Phi) is 4.60. The molecule has 116 valence electrons. The third kappa shape index (κ3) is 3.29. The molecule has 2 fully saturated rings. The summed E-state index contributed by atoms with van der Waals surface area (Å²) in [5, 5.41) is 0.894. The predicted octanol–water partition coefficient (Wildman–Crippen LogP) is 1.58. The SMILES string of the molecule is Nc1nc(N2CCCCCC2)sc1C(=O)N1CCOCC1. The van der Waals surface area contributed by atoms with Gasteiger partial charge in [-0.3, -0.25) is 4.79 Å². The molecule has 2 N–H and O–H groups in total. The highest BCUT2D eigenvalue weighted by atomic mass is 32.1. The van der Waals surface area contributed by atoms with Gasteiger partial charge in [0.2, 0.25) is 0 Å². The van der Waals surface area contributed by atoms with Crippen molar-refractivity contribution in [3.63, 3.8) is 0 Å². The fraction of sp³-hybridized carbons (Fsp3) is 0.714. The average molecular weight is 310 g/mol. The van der Waals surface area contributed by atoms with Crippen LogP contribution in [-0.4, -0.2) is 55.2 Å². The zero-order chi connectivity index (χ0) is 14.7. The van der Waals surface area contributed by atoms with Gasteiger partial charge in [-0.05, 0) is 12.8 Å². The maximum Gasteiger partial charge on any atom is 0.268 e. The van der Waals surface area contributed by atoms with Gasteiger partial charge >= 0.3 is 0 Å². The first kappa shape index (κ1) is 14.6. The molecular weight excluding hydrogens is 288 g/mol. The van der Waals surface area contributed by atoms with Crippen LogP contribution in [0.1, 0.15) is 35.4 Å². The molecule has 7 heteroatoms. The zero-order valence-electron chi connectivity index (χ0n) is 12.2. The summed E-state index contributed by atoms with van der Waals surface area (Å²) in [6, 6.07) is 0. The summed E-state index contributed by atoms with van der Waals surface area (Å²) in [4.78, 5) is 21.6. The lowest BCUT2D eigenvalue weighted by Crippen LogP contribution is -2.40. The van der Waals surface area contributed by atoms with Crippen molar-refractivity contribution in [2.45, 2.75) is 25.7 Å². The Balaban J connectivity index is 1.75. The molecule has 0 spiro atoms. The number of nitrogen functional groups attached to an aromatic ring is 1. The highest BCUT2D eigenvalue weighted by molar-refractivity contribution is 7.18. The van der Waals surface area contributed by atoms with Crippen LogP contribution in [0.3, 0.4) is 0 Å². The quantitative estimate of drug-likeness (QED) is 0.898. The zero-order valence-corrected chi connectivity index (χ0v) is 13.0. The van der Waals surface area contributed by atoms with Crippen LogP contribution in [0.5, 0.6) is 0 Å². The van der Waals surface area contributed by atoms with Gasteiger partial charge in [0.25, 0.3) is 5.91 Å². The summed E-state index contributed by atoms with van der Waals surface area (Å²) < 4.78 is 5.28. The number of ether oxygens (including phenoxy) is 1. The molecule has 6 nitrogen and oxygen atoms in total. The van der Waals surface area contributed by atoms with Crippen molar-refractivity contribution in [2.24, 2.45) is 0 Å². The monoisotopic (exact) mass is 310 g/mol. The van der Waals surface area contributed by atoms with Crippen molar-refractivity contribution in [3.05, 3.63) is 4.88 Å². The molecular formula is C14H22N4O2S. The van der Waals surface area contributed by atoms with Crippen molar-refractivity contribution < 1.29 is 9.53 Å². The lowest BCUT2D eigenvalue weighted by molar-refractivity contribution is 0.0306. The summed E-state index contributed by atoms with van der Waals surface area (Å²) in [6.07, 6.45) is 4.92. The maximum atomic E-state index is 12.5. The minimum atomic E-state index is -0.00521. The van der Waals surface area contributed by atoms with Crippen molar-refractivity contribution in [2.75, 3.05) is 50.0 Å². The normalized spacial score (nSPS) is 20.4. The van der Waals surface area contributed by atoms with E-state index in [0.717, 1.165) is 18.2 Å². The molecule has 1 amide bonds. The van der Waals surface area contributed by atoms with Gasteiger partial charge < -0.3 is 20.3 Å². The number of carbonyl (C=O) groups excluding carboxylic acids is 1. The van der Waals surface area contributed by atoms with E-state index >= 15 is 0 Å². The summed E-state index contributed by atoms with van der Waals surface area (Å²) in [6.45, 7) is 4.49. The lowest BCUT2D eigenvalue weighted by atomic mass is 10.2. The Labute approximate surface area is 128 Å². The van der Waals surface area contributed by atoms with E-state index in [-0.39, 0.29) is 5.91 Å². The minimum absolute atomic E-state index is 0.00521. The van der Waals surface area contributed by atoms with E-state index in [2.05, 4.69) is 9.88 Å². The number of hydrogen-bond acceptors (Lipinski definition) is 6. The second-order valence-electron chi connectivity index (χ2n) is 5.52. The summed E-state index contributed by atoms with van der Waals surface area (Å²) in [7, 11) is 0. The number of thiazole rings is 1. The van der Waals surface area contributed by atoms with E-state index in [1.807, 2.05) is 0 Å². The van der Waals surface area contributed by atoms with Gasteiger partial charge in [0.15, 0.2) is 5.13 Å². The summed E-state index contributed by atoms with van der Waals surface area (Å²) in [5.74, 6) is 0.366. The molecule has 0 unspecified atom stereocenters. The Morgan fingerprint density at radius 3 is 2.43 bits per heavy atom. The van der Waals surface area contributed by atoms with Crippen LogP contribution in [0.25, 0.3) is 0 Å². The van der Waals surface area contributed by atoms with Crippen LogP contribution in [0.15, 0.2) is 0 Å². The van der Waals surface area contributed by atoms with Crippen molar-refractivity contribution in [1.29, 1.82) is 0 Å². The molecule has 2 aliphatic rings. The van der Waals surface area contributed by atoms with E-state index in [0.29, 0.717) is 37.0 Å². The van der Waals surface area contributed by atoms with Crippen LogP contribution in [-0.2, 0) is 4.74 Å². The number of nitrogens with zero attached hydrogens (tertiary/aromatic N) is 3. The molecule has 0 aliphatic carbocycles. The number of amides is 1. The van der Waals surface area contributed by atoms with Gasteiger partial charge in [0, 0.05) is 26.2 Å². The van der Waals surface area contributed by atoms with Gasteiger partial charge in [0.05, 0.1) is 13.2 Å². The lowest BCUT2D eigenvalue weighted by Gasteiger charge is -2.26. The highest BCUT2D eigenvalue weighted by Crippen LogP contribution is 2.30. The number of rotatable bonds is 2. The van der Waals surface area contributed by atoms with E-state index in [9.17, 15) is 4.79 Å². The van der Waals surface area contributed by atoms with Crippen LogP contribution >= 0.6 is 11.3 Å². The Bertz CT molecular complexity index is 491. The molecule has 2 saturated heterocycles. The third-order valence-electron chi connectivity index (χ3n) is 4.01. The first-order valence-electron chi connectivity index (χ1n) is 7.64. The van der Waals surface area contributed by atoms with Crippen molar-refractivity contribution in [1.82, 2.24) is 9.88 Å². The second kappa shape index (κ2) is 6.62. The first-order valence-corrected chi connectivity index (χ1v) is 8.45. The Hall–Kier alpha value is -1.34. The number of carbonyl (C=O) groups is 1. The number of hydrogen-bond donors (Lipinski definition) is 1. The molecule has 3 rings (SSSR count). The molecule has 1 aromatic heterocycles. The Morgan fingerprint density at radius 1 is 1.10 bits per heavy atom. The van der Waals surface area contributed by atoms with E-state index in [1.165, 1.54) is 37.0 Å². The fourth-order valence-electron chi connectivity index (χ4n) is 2.78. The Morgan fingerprint density at radius 2 is 1.76 bits per heavy atom. The standard InChI is InChI=1S/C14H22N4O2S/c15-12-11(13(19)17-7-9-20-10-8-17)21-14(16-12)18-5-3-1-2-4-6-18/h1-10,15H2. The third-order valence-corrected chi connectivity index (χ3v) is 5.13. The predicted molar refractivity (Wildman–Crippen MR) is 83.9 cm³/mol. The van der Waals surface area contributed by atoms with Crippen LogP contribution in [0.4, 0.5) is 10.9 Å². The van der Waals surface area contributed by atoms with Crippen molar-refractivity contribution in [3.8, 4) is 0 Å². The molecule has 2 aliphatic heterocycles. The fourth-order valence-corrected chi connectivity index (χ4v) is 3.79. The van der Waals surface area contributed by atoms with Crippen LogP contribution in [0.2, 0.25) is 0 Å². The second-order valence-corrected chi connectivity index (χ2v) is 6.49. The number of anilines is 2. The minimum Gasteiger partial charge on any atom is -0.382 e. The number of aromatic nitrogens is 1. The molecule has 3 heterocycles. The molecule has 0 atom stereocenters. The van der Waals surface area contributed by atoms with E-state index < -0.39 is 0 Å². The maximum absolute atomic E-state index is 12.5. The van der Waals surface area contributed by atoms with Crippen molar-refractivity contribution >= 4 is 28.2 Å². The van der Waals surface area contributed by atoms with Gasteiger partial charge in [0.1, 0.15) is 10.7 Å². The molecule has 0 saturated carbocycles. The van der Waals surface area contributed by atoms with Gasteiger partial charge in [-0.15, -0.1) is 0 Å². The largest absolute Gasteiger partial charge is 0.382 e. The summed E-state index contributed by atoms with van der Waals surface area (Å²) in [5.41, 5.74) is 5.99. The topological polar surface area (TPSA) is 71.7 Å². The van der Waals surface area contributed by atoms with Gasteiger partial charge in [-0.1, -0.05) is 24.2 Å². The smallest absolute Gasteiger partial charge is 0.268 e. The summed E-state index contributed by atoms with van der Waals surface area (Å²) >= 11 is 1.43. The van der Waals surface area contributed by atoms with Crippen LogP contribution in [0, 0.1) is 0 Å². The number of nitrogens with two attached hydrogens (primary N) is 1. The van der Waals surface area contributed by atoms with Gasteiger partial charge in [-0.2, -0.15) is 0 Å². The number of morpholine rings is 1. The first-order chi connectivity index (χ1) is 10.3. The molecule has 1 aromatic rings. The molecule has 0 bridgehead atoms. The van der Waals surface area contributed by atoms with Gasteiger partial charge in [-0.25, -0.2) is 4.98 Å². The average Bonchev–Trinajstić information content (AvgIpc) is 2.74. The van der Waals surface area contributed by atoms with Crippen LogP contribution < -0.4 is 10.6 Å². The molecule has 0 aromatic carbocycles. The van der Waals surface area contributed by atoms with E-state index in [4.69, 9.17) is 10.5 Å². The molecule has 21 heavy (non-hydrogen) atoms.